The summed E-state index contributed by atoms with van der Waals surface area (Å²) >= 11 is 0. The van der Waals surface area contributed by atoms with Crippen molar-refractivity contribution in [2.24, 2.45) is 0 Å². The van der Waals surface area contributed by atoms with Crippen LogP contribution in [-0.4, -0.2) is 100 Å². The van der Waals surface area contributed by atoms with Crippen LogP contribution in [0.25, 0.3) is 0 Å². The average molecular weight is 363 g/mol. The van der Waals surface area contributed by atoms with Crippen LogP contribution in [0.4, 0.5) is 0 Å². The van der Waals surface area contributed by atoms with Gasteiger partial charge in [-0.1, -0.05) is 0 Å². The zero-order valence-electron chi connectivity index (χ0n) is 16.1. The number of rotatable bonds is 6. The van der Waals surface area contributed by atoms with Crippen molar-refractivity contribution in [3.05, 3.63) is 23.8 Å². The maximum Gasteiger partial charge on any atom is 0.257 e. The van der Waals surface area contributed by atoms with Gasteiger partial charge in [-0.2, -0.15) is 0 Å². The van der Waals surface area contributed by atoms with E-state index in [-0.39, 0.29) is 18.1 Å². The number of amides is 1. The number of nitrogens with zero attached hydrogens (tertiary/aromatic N) is 3. The zero-order valence-corrected chi connectivity index (χ0v) is 16.1. The maximum absolute atomic E-state index is 13.1. The highest BCUT2D eigenvalue weighted by Gasteiger charge is 2.42. The van der Waals surface area contributed by atoms with Crippen molar-refractivity contribution in [3.8, 4) is 11.5 Å². The average Bonchev–Trinajstić information content (AvgIpc) is 3.09. The number of hydrogen-bond acceptors (Lipinski definition) is 6. The molecule has 2 aliphatic rings. The van der Waals surface area contributed by atoms with Gasteiger partial charge >= 0.3 is 0 Å². The van der Waals surface area contributed by atoms with Gasteiger partial charge in [0.25, 0.3) is 5.91 Å². The Labute approximate surface area is 155 Å². The predicted molar refractivity (Wildman–Crippen MR) is 99.1 cm³/mol. The van der Waals surface area contributed by atoms with E-state index in [1.54, 1.807) is 32.4 Å². The smallest absolute Gasteiger partial charge is 0.257 e. The normalized spacial score (nSPS) is 23.2. The summed E-state index contributed by atoms with van der Waals surface area (Å²) in [4.78, 5) is 19.6. The molecular weight excluding hydrogens is 334 g/mol. The van der Waals surface area contributed by atoms with Gasteiger partial charge in [0.2, 0.25) is 0 Å². The number of likely N-dealkylation sites (N-methyl/N-ethyl adjacent to an activating group) is 1. The van der Waals surface area contributed by atoms with Crippen LogP contribution in [0.5, 0.6) is 11.5 Å². The summed E-state index contributed by atoms with van der Waals surface area (Å²) in [6, 6.07) is 5.57. The molecule has 1 aromatic carbocycles. The van der Waals surface area contributed by atoms with Crippen LogP contribution >= 0.6 is 0 Å². The van der Waals surface area contributed by atoms with E-state index in [1.165, 1.54) is 0 Å². The molecule has 0 saturated carbocycles. The predicted octanol–water partition coefficient (Wildman–Crippen LogP) is 0.791. The van der Waals surface area contributed by atoms with Crippen LogP contribution in [0.3, 0.4) is 0 Å². The summed E-state index contributed by atoms with van der Waals surface area (Å²) in [7, 11) is 7.33. The van der Waals surface area contributed by atoms with Crippen LogP contribution in [0.1, 0.15) is 10.4 Å². The molecule has 3 rings (SSSR count). The second kappa shape index (κ2) is 8.24. The molecule has 0 aliphatic carbocycles. The van der Waals surface area contributed by atoms with Gasteiger partial charge < -0.3 is 24.0 Å². The molecule has 2 saturated heterocycles. The number of methoxy groups -OCH3 is 2. The van der Waals surface area contributed by atoms with E-state index in [4.69, 9.17) is 14.2 Å². The number of fused-ring (bicyclic) bond motifs is 1. The first kappa shape index (κ1) is 18.9. The Hall–Kier alpha value is -1.83. The molecule has 0 bridgehead atoms. The molecular formula is C19H29N3O4. The van der Waals surface area contributed by atoms with Gasteiger partial charge in [0.15, 0.2) is 0 Å². The third-order valence-electron chi connectivity index (χ3n) is 5.18. The van der Waals surface area contributed by atoms with Gasteiger partial charge in [0.05, 0.1) is 38.5 Å². The summed E-state index contributed by atoms with van der Waals surface area (Å²) in [6.45, 7) is 4.95. The number of carbonyl (C=O) groups is 1. The Morgan fingerprint density at radius 3 is 2.77 bits per heavy atom. The van der Waals surface area contributed by atoms with Crippen molar-refractivity contribution >= 4 is 5.91 Å². The Morgan fingerprint density at radius 2 is 2.08 bits per heavy atom. The SMILES string of the molecule is COc1ccc(C(=O)N2CC3OCCN(CCN(C)C)C3C2)c(OC)c1. The van der Waals surface area contributed by atoms with E-state index in [1.807, 2.05) is 4.90 Å². The van der Waals surface area contributed by atoms with Crippen molar-refractivity contribution in [1.82, 2.24) is 14.7 Å². The lowest BCUT2D eigenvalue weighted by Gasteiger charge is -2.37. The maximum atomic E-state index is 13.1. The van der Waals surface area contributed by atoms with Crippen molar-refractivity contribution in [1.29, 1.82) is 0 Å². The molecule has 2 unspecified atom stereocenters. The van der Waals surface area contributed by atoms with E-state index >= 15 is 0 Å². The van der Waals surface area contributed by atoms with E-state index in [0.29, 0.717) is 30.2 Å². The van der Waals surface area contributed by atoms with E-state index < -0.39 is 0 Å². The first-order chi connectivity index (χ1) is 12.5. The number of carbonyl (C=O) groups excluding carboxylic acids is 1. The van der Waals surface area contributed by atoms with Gasteiger partial charge in [-0.25, -0.2) is 0 Å². The largest absolute Gasteiger partial charge is 0.497 e. The van der Waals surface area contributed by atoms with E-state index in [9.17, 15) is 4.79 Å². The molecule has 1 aromatic rings. The molecule has 0 radical (unpaired) electrons. The molecule has 1 amide bonds. The van der Waals surface area contributed by atoms with Crippen LogP contribution in [0, 0.1) is 0 Å². The van der Waals surface area contributed by atoms with Gasteiger partial charge in [-0.3, -0.25) is 9.69 Å². The monoisotopic (exact) mass is 363 g/mol. The van der Waals surface area contributed by atoms with Gasteiger partial charge in [-0.15, -0.1) is 0 Å². The van der Waals surface area contributed by atoms with Crippen molar-refractivity contribution in [2.75, 3.05) is 67.6 Å². The Kier molecular flexibility index (Phi) is 6.01. The lowest BCUT2D eigenvalue weighted by molar-refractivity contribution is -0.0482. The Balaban J connectivity index is 1.72. The first-order valence-electron chi connectivity index (χ1n) is 9.05. The third kappa shape index (κ3) is 3.95. The summed E-state index contributed by atoms with van der Waals surface area (Å²) in [5, 5.41) is 0. The number of likely N-dealkylation sites (tertiary alicyclic amines) is 1. The van der Waals surface area contributed by atoms with Gasteiger partial charge in [-0.05, 0) is 26.2 Å². The quantitative estimate of drug-likeness (QED) is 0.745. The number of benzene rings is 1. The topological polar surface area (TPSA) is 54.5 Å². The molecule has 0 N–H and O–H groups in total. The fourth-order valence-electron chi connectivity index (χ4n) is 3.68. The molecule has 2 heterocycles. The fourth-order valence-corrected chi connectivity index (χ4v) is 3.68. The van der Waals surface area contributed by atoms with Crippen molar-refractivity contribution < 1.29 is 19.0 Å². The van der Waals surface area contributed by atoms with Crippen LogP contribution in [0.2, 0.25) is 0 Å². The fraction of sp³-hybridized carbons (Fsp3) is 0.632. The van der Waals surface area contributed by atoms with Crippen molar-refractivity contribution in [2.45, 2.75) is 12.1 Å². The first-order valence-corrected chi connectivity index (χ1v) is 9.05. The minimum Gasteiger partial charge on any atom is -0.497 e. The highest BCUT2D eigenvalue weighted by Crippen LogP contribution is 2.29. The molecule has 2 atom stereocenters. The number of hydrogen-bond donors (Lipinski definition) is 0. The summed E-state index contributed by atoms with van der Waals surface area (Å²) in [5.41, 5.74) is 0.562. The highest BCUT2D eigenvalue weighted by molar-refractivity contribution is 5.97. The van der Waals surface area contributed by atoms with Gasteiger partial charge in [0, 0.05) is 38.8 Å². The number of ether oxygens (including phenoxy) is 3. The minimum atomic E-state index is -0.0185. The molecule has 7 heteroatoms. The lowest BCUT2D eigenvalue weighted by Crippen LogP contribution is -2.52. The van der Waals surface area contributed by atoms with Gasteiger partial charge in [0.1, 0.15) is 11.5 Å². The summed E-state index contributed by atoms with van der Waals surface area (Å²) in [6.07, 6.45) is 0.0825. The minimum absolute atomic E-state index is 0.0185. The summed E-state index contributed by atoms with van der Waals surface area (Å²) < 4.78 is 16.6. The van der Waals surface area contributed by atoms with E-state index in [0.717, 1.165) is 26.2 Å². The lowest BCUT2D eigenvalue weighted by atomic mass is 10.1. The Morgan fingerprint density at radius 1 is 1.27 bits per heavy atom. The molecule has 0 spiro atoms. The highest BCUT2D eigenvalue weighted by atomic mass is 16.5. The molecule has 2 fully saturated rings. The van der Waals surface area contributed by atoms with Crippen LogP contribution in [-0.2, 0) is 4.74 Å². The third-order valence-corrected chi connectivity index (χ3v) is 5.18. The molecule has 2 aliphatic heterocycles. The standard InChI is InChI=1S/C19H29N3O4/c1-20(2)7-8-21-9-10-26-18-13-22(12-16(18)21)19(23)15-6-5-14(24-3)11-17(15)25-4/h5-6,11,16,18H,7-10,12-13H2,1-4H3. The zero-order chi connectivity index (χ0) is 18.7. The van der Waals surface area contributed by atoms with Crippen molar-refractivity contribution in [3.63, 3.8) is 0 Å². The summed E-state index contributed by atoms with van der Waals surface area (Å²) in [5.74, 6) is 1.19. The Bertz CT molecular complexity index is 637. The molecule has 26 heavy (non-hydrogen) atoms. The van der Waals surface area contributed by atoms with Crippen LogP contribution < -0.4 is 9.47 Å². The van der Waals surface area contributed by atoms with E-state index in [2.05, 4.69) is 23.9 Å². The van der Waals surface area contributed by atoms with Crippen LogP contribution in [0.15, 0.2) is 18.2 Å². The second-order valence-electron chi connectivity index (χ2n) is 7.09. The molecule has 144 valence electrons. The number of morpholine rings is 1. The molecule has 7 nitrogen and oxygen atoms in total. The second-order valence-corrected chi connectivity index (χ2v) is 7.09. The molecule has 0 aromatic heterocycles.